The molecule has 1 saturated carbocycles. The summed E-state index contributed by atoms with van der Waals surface area (Å²) in [6.45, 7) is 4.46. The molecule has 1 fully saturated rings. The van der Waals surface area contributed by atoms with Crippen LogP contribution in [-0.2, 0) is 9.53 Å². The van der Waals surface area contributed by atoms with E-state index >= 15 is 0 Å². The van der Waals surface area contributed by atoms with Crippen molar-refractivity contribution in [1.82, 2.24) is 0 Å². The van der Waals surface area contributed by atoms with Gasteiger partial charge in [-0.1, -0.05) is 13.8 Å². The van der Waals surface area contributed by atoms with Crippen molar-refractivity contribution in [3.63, 3.8) is 0 Å². The van der Waals surface area contributed by atoms with E-state index in [0.29, 0.717) is 24.0 Å². The first kappa shape index (κ1) is 11.9. The highest BCUT2D eigenvalue weighted by atomic mass is 32.1. The maximum atomic E-state index is 11.3. The van der Waals surface area contributed by atoms with E-state index in [1.807, 2.05) is 0 Å². The first-order valence-corrected chi connectivity index (χ1v) is 6.05. The van der Waals surface area contributed by atoms with Crippen molar-refractivity contribution in [2.24, 2.45) is 11.8 Å². The molecule has 14 heavy (non-hydrogen) atoms. The first-order valence-electron chi connectivity index (χ1n) is 5.42. The molecule has 0 spiro atoms. The highest BCUT2D eigenvalue weighted by molar-refractivity contribution is 7.80. The molecule has 0 radical (unpaired) electrons. The zero-order valence-corrected chi connectivity index (χ0v) is 9.93. The van der Waals surface area contributed by atoms with Crippen molar-refractivity contribution in [2.75, 3.05) is 5.75 Å². The Morgan fingerprint density at radius 2 is 1.86 bits per heavy atom. The van der Waals surface area contributed by atoms with Gasteiger partial charge in [0.1, 0.15) is 6.10 Å². The first-order chi connectivity index (χ1) is 6.61. The quantitative estimate of drug-likeness (QED) is 0.580. The highest BCUT2D eigenvalue weighted by Crippen LogP contribution is 2.30. The van der Waals surface area contributed by atoms with Crippen molar-refractivity contribution in [3.8, 4) is 0 Å². The van der Waals surface area contributed by atoms with Gasteiger partial charge in [0, 0.05) is 5.75 Å². The molecular formula is C11H20O2S. The summed E-state index contributed by atoms with van der Waals surface area (Å²) in [6, 6.07) is 0. The number of hydrogen-bond acceptors (Lipinski definition) is 3. The van der Waals surface area contributed by atoms with Gasteiger partial charge < -0.3 is 4.74 Å². The second-order valence-corrected chi connectivity index (χ2v) is 4.95. The summed E-state index contributed by atoms with van der Waals surface area (Å²) < 4.78 is 5.38. The molecule has 0 aromatic heterocycles. The molecule has 3 heteroatoms. The Labute approximate surface area is 91.8 Å². The minimum Gasteiger partial charge on any atom is -0.462 e. The molecule has 0 N–H and O–H groups in total. The van der Waals surface area contributed by atoms with Crippen LogP contribution in [0, 0.1) is 11.8 Å². The molecule has 0 aromatic rings. The topological polar surface area (TPSA) is 26.3 Å². The van der Waals surface area contributed by atoms with Gasteiger partial charge in [0.2, 0.25) is 0 Å². The van der Waals surface area contributed by atoms with Crippen LogP contribution in [0.3, 0.4) is 0 Å². The molecule has 2 nitrogen and oxygen atoms in total. The lowest BCUT2D eigenvalue weighted by Gasteiger charge is -2.30. The van der Waals surface area contributed by atoms with E-state index in [9.17, 15) is 4.79 Å². The maximum absolute atomic E-state index is 11.3. The minimum absolute atomic E-state index is 0.0914. The molecule has 1 aliphatic rings. The van der Waals surface area contributed by atoms with E-state index in [2.05, 4.69) is 26.5 Å². The van der Waals surface area contributed by atoms with Gasteiger partial charge in [-0.15, -0.1) is 0 Å². The van der Waals surface area contributed by atoms with Crippen LogP contribution in [0.15, 0.2) is 0 Å². The highest BCUT2D eigenvalue weighted by Gasteiger charge is 2.26. The molecule has 1 aliphatic carbocycles. The SMILES string of the molecule is CC1CC(C)CC(OC(=O)CCS)C1. The van der Waals surface area contributed by atoms with E-state index in [-0.39, 0.29) is 12.1 Å². The van der Waals surface area contributed by atoms with Gasteiger partial charge >= 0.3 is 5.97 Å². The number of hydrogen-bond donors (Lipinski definition) is 1. The lowest BCUT2D eigenvalue weighted by Crippen LogP contribution is -2.28. The number of esters is 1. The van der Waals surface area contributed by atoms with Gasteiger partial charge in [-0.3, -0.25) is 4.79 Å². The van der Waals surface area contributed by atoms with Crippen LogP contribution in [0.4, 0.5) is 0 Å². The molecule has 2 atom stereocenters. The van der Waals surface area contributed by atoms with Crippen LogP contribution in [-0.4, -0.2) is 17.8 Å². The summed E-state index contributed by atoms with van der Waals surface area (Å²) in [6.07, 6.45) is 3.91. The molecule has 0 saturated heterocycles. The molecule has 0 amide bonds. The summed E-state index contributed by atoms with van der Waals surface area (Å²) in [4.78, 5) is 11.3. The number of carbonyl (C=O) groups excluding carboxylic acids is 1. The predicted octanol–water partition coefficient (Wildman–Crippen LogP) is 2.67. The van der Waals surface area contributed by atoms with Crippen LogP contribution in [0.2, 0.25) is 0 Å². The maximum Gasteiger partial charge on any atom is 0.306 e. The Morgan fingerprint density at radius 3 is 2.36 bits per heavy atom. The summed E-state index contributed by atoms with van der Waals surface area (Å²) in [5, 5.41) is 0. The third-order valence-electron chi connectivity index (χ3n) is 2.75. The van der Waals surface area contributed by atoms with E-state index in [1.165, 1.54) is 6.42 Å². The number of carbonyl (C=O) groups is 1. The second-order valence-electron chi connectivity index (χ2n) is 4.50. The fourth-order valence-electron chi connectivity index (χ4n) is 2.31. The summed E-state index contributed by atoms with van der Waals surface area (Å²) in [5.74, 6) is 1.86. The van der Waals surface area contributed by atoms with Gasteiger partial charge in [-0.2, -0.15) is 12.6 Å². The van der Waals surface area contributed by atoms with E-state index in [0.717, 1.165) is 12.8 Å². The van der Waals surface area contributed by atoms with Crippen LogP contribution >= 0.6 is 12.6 Å². The van der Waals surface area contributed by atoms with Crippen molar-refractivity contribution < 1.29 is 9.53 Å². The van der Waals surface area contributed by atoms with Gasteiger partial charge in [0.05, 0.1) is 6.42 Å². The van der Waals surface area contributed by atoms with Gasteiger partial charge in [0.25, 0.3) is 0 Å². The fraction of sp³-hybridized carbons (Fsp3) is 0.909. The molecule has 0 bridgehead atoms. The van der Waals surface area contributed by atoms with Gasteiger partial charge in [0.15, 0.2) is 0 Å². The van der Waals surface area contributed by atoms with Crippen LogP contribution in [0.25, 0.3) is 0 Å². The van der Waals surface area contributed by atoms with Crippen molar-refractivity contribution in [2.45, 2.75) is 45.6 Å². The van der Waals surface area contributed by atoms with Crippen LogP contribution in [0.5, 0.6) is 0 Å². The van der Waals surface area contributed by atoms with E-state index in [4.69, 9.17) is 4.74 Å². The third-order valence-corrected chi connectivity index (χ3v) is 2.97. The van der Waals surface area contributed by atoms with E-state index < -0.39 is 0 Å². The average Bonchev–Trinajstić information content (AvgIpc) is 2.01. The zero-order valence-electron chi connectivity index (χ0n) is 9.03. The zero-order chi connectivity index (χ0) is 10.6. The van der Waals surface area contributed by atoms with Crippen LogP contribution < -0.4 is 0 Å². The molecule has 1 rings (SSSR count). The summed E-state index contributed by atoms with van der Waals surface area (Å²) in [5.41, 5.74) is 0. The van der Waals surface area contributed by atoms with Crippen LogP contribution in [0.1, 0.15) is 39.5 Å². The molecular weight excluding hydrogens is 196 g/mol. The van der Waals surface area contributed by atoms with Crippen molar-refractivity contribution in [3.05, 3.63) is 0 Å². The fourth-order valence-corrected chi connectivity index (χ4v) is 2.49. The smallest absolute Gasteiger partial charge is 0.306 e. The molecule has 0 aliphatic heterocycles. The standard InChI is InChI=1S/C11H20O2S/c1-8-5-9(2)7-10(6-8)13-11(12)3-4-14/h8-10,14H,3-7H2,1-2H3. The average molecular weight is 216 g/mol. The second kappa shape index (κ2) is 5.64. The Bertz CT molecular complexity index is 184. The molecule has 2 unspecified atom stereocenters. The van der Waals surface area contributed by atoms with Gasteiger partial charge in [-0.05, 0) is 31.1 Å². The molecule has 0 aromatic carbocycles. The van der Waals surface area contributed by atoms with Crippen molar-refractivity contribution in [1.29, 1.82) is 0 Å². The lowest BCUT2D eigenvalue weighted by atomic mass is 9.82. The Balaban J connectivity index is 2.33. The number of rotatable bonds is 3. The van der Waals surface area contributed by atoms with Gasteiger partial charge in [-0.25, -0.2) is 0 Å². The Hall–Kier alpha value is -0.180. The third kappa shape index (κ3) is 3.91. The van der Waals surface area contributed by atoms with E-state index in [1.54, 1.807) is 0 Å². The molecule has 82 valence electrons. The number of ether oxygens (including phenoxy) is 1. The summed E-state index contributed by atoms with van der Waals surface area (Å²) >= 11 is 4.01. The normalized spacial score (nSPS) is 32.6. The predicted molar refractivity (Wildman–Crippen MR) is 60.5 cm³/mol. The van der Waals surface area contributed by atoms with Crippen molar-refractivity contribution >= 4 is 18.6 Å². The monoisotopic (exact) mass is 216 g/mol. The largest absolute Gasteiger partial charge is 0.462 e. The number of thiol groups is 1. The summed E-state index contributed by atoms with van der Waals surface area (Å²) in [7, 11) is 0. The lowest BCUT2D eigenvalue weighted by molar-refractivity contribution is -0.151. The minimum atomic E-state index is -0.0914. The Kier molecular flexibility index (Phi) is 4.79. The Morgan fingerprint density at radius 1 is 1.29 bits per heavy atom. The molecule has 0 heterocycles.